The summed E-state index contributed by atoms with van der Waals surface area (Å²) < 4.78 is 11.3. The monoisotopic (exact) mass is 315 g/mol. The van der Waals surface area contributed by atoms with Crippen LogP contribution in [0.25, 0.3) is 0 Å². The summed E-state index contributed by atoms with van der Waals surface area (Å²) in [5.41, 5.74) is 0. The summed E-state index contributed by atoms with van der Waals surface area (Å²) in [5.74, 6) is 0.867. The van der Waals surface area contributed by atoms with E-state index in [1.165, 1.54) is 0 Å². The Morgan fingerprint density at radius 2 is 2.44 bits per heavy atom. The SMILES string of the molecule is CCOC(=O)[C@@H]1CCCN(Cc2ccc(Br)o2)C1. The largest absolute Gasteiger partial charge is 0.466 e. The Kier molecular flexibility index (Phi) is 4.83. The quantitative estimate of drug-likeness (QED) is 0.801. The van der Waals surface area contributed by atoms with Crippen LogP contribution >= 0.6 is 15.9 Å². The van der Waals surface area contributed by atoms with Gasteiger partial charge in [-0.25, -0.2) is 0 Å². The number of ether oxygens (including phenoxy) is 1. The molecule has 18 heavy (non-hydrogen) atoms. The minimum Gasteiger partial charge on any atom is -0.466 e. The fourth-order valence-corrected chi connectivity index (χ4v) is 2.65. The van der Waals surface area contributed by atoms with Crippen LogP contribution in [0.4, 0.5) is 0 Å². The molecule has 4 nitrogen and oxygen atoms in total. The minimum atomic E-state index is -0.0668. The molecule has 0 bridgehead atoms. The Labute approximate surface area is 115 Å². The molecule has 1 aromatic heterocycles. The average molecular weight is 316 g/mol. The van der Waals surface area contributed by atoms with Crippen molar-refractivity contribution in [3.63, 3.8) is 0 Å². The lowest BCUT2D eigenvalue weighted by molar-refractivity contribution is -0.150. The van der Waals surface area contributed by atoms with Gasteiger partial charge in [0.25, 0.3) is 0 Å². The van der Waals surface area contributed by atoms with Crippen molar-refractivity contribution in [3.8, 4) is 0 Å². The first-order valence-corrected chi connectivity index (χ1v) is 7.11. The number of carbonyl (C=O) groups excluding carboxylic acids is 1. The van der Waals surface area contributed by atoms with Gasteiger partial charge in [0.1, 0.15) is 5.76 Å². The summed E-state index contributed by atoms with van der Waals surface area (Å²) >= 11 is 3.29. The molecule has 1 aliphatic rings. The van der Waals surface area contributed by atoms with E-state index < -0.39 is 0 Å². The topological polar surface area (TPSA) is 42.7 Å². The van der Waals surface area contributed by atoms with Gasteiger partial charge in [0.05, 0.1) is 19.1 Å². The molecule has 0 saturated carbocycles. The van der Waals surface area contributed by atoms with E-state index in [9.17, 15) is 4.79 Å². The van der Waals surface area contributed by atoms with Crippen LogP contribution in [0.2, 0.25) is 0 Å². The van der Waals surface area contributed by atoms with E-state index >= 15 is 0 Å². The lowest BCUT2D eigenvalue weighted by atomic mass is 9.98. The Morgan fingerprint density at radius 3 is 3.11 bits per heavy atom. The molecule has 0 unspecified atom stereocenters. The molecular formula is C13H18BrNO3. The predicted octanol–water partition coefficient (Wildman–Crippen LogP) is 2.82. The molecule has 1 fully saturated rings. The van der Waals surface area contributed by atoms with E-state index in [1.54, 1.807) is 0 Å². The van der Waals surface area contributed by atoms with Gasteiger partial charge in [-0.05, 0) is 54.4 Å². The fourth-order valence-electron chi connectivity index (χ4n) is 2.31. The highest BCUT2D eigenvalue weighted by Gasteiger charge is 2.27. The van der Waals surface area contributed by atoms with Crippen LogP contribution in [-0.4, -0.2) is 30.6 Å². The summed E-state index contributed by atoms with van der Waals surface area (Å²) in [5, 5.41) is 0. The van der Waals surface area contributed by atoms with Gasteiger partial charge in [-0.3, -0.25) is 9.69 Å². The van der Waals surface area contributed by atoms with Crippen LogP contribution in [0.3, 0.4) is 0 Å². The molecule has 0 radical (unpaired) electrons. The Balaban J connectivity index is 1.88. The lowest BCUT2D eigenvalue weighted by Crippen LogP contribution is -2.38. The van der Waals surface area contributed by atoms with E-state index in [-0.39, 0.29) is 11.9 Å². The zero-order valence-electron chi connectivity index (χ0n) is 10.5. The maximum atomic E-state index is 11.7. The second-order valence-electron chi connectivity index (χ2n) is 4.53. The van der Waals surface area contributed by atoms with E-state index in [0.717, 1.165) is 42.9 Å². The molecule has 1 aromatic rings. The number of carbonyl (C=O) groups is 1. The van der Waals surface area contributed by atoms with Crippen molar-refractivity contribution in [2.45, 2.75) is 26.3 Å². The number of likely N-dealkylation sites (tertiary alicyclic amines) is 1. The smallest absolute Gasteiger partial charge is 0.310 e. The molecule has 0 aromatic carbocycles. The van der Waals surface area contributed by atoms with Gasteiger partial charge in [0.15, 0.2) is 4.67 Å². The molecule has 2 heterocycles. The summed E-state index contributed by atoms with van der Waals surface area (Å²) in [7, 11) is 0. The molecule has 0 N–H and O–H groups in total. The third kappa shape index (κ3) is 3.59. The van der Waals surface area contributed by atoms with Crippen molar-refractivity contribution in [1.82, 2.24) is 4.90 Å². The fraction of sp³-hybridized carbons (Fsp3) is 0.615. The summed E-state index contributed by atoms with van der Waals surface area (Å²) in [6, 6.07) is 3.85. The highest BCUT2D eigenvalue weighted by molar-refractivity contribution is 9.10. The van der Waals surface area contributed by atoms with Gasteiger partial charge < -0.3 is 9.15 Å². The molecule has 1 atom stereocenters. The Hall–Kier alpha value is -0.810. The standard InChI is InChI=1S/C13H18BrNO3/c1-2-17-13(16)10-4-3-7-15(8-10)9-11-5-6-12(14)18-11/h5-6,10H,2-4,7-9H2,1H3/t10-/m1/s1. The number of esters is 1. The zero-order valence-corrected chi connectivity index (χ0v) is 12.1. The van der Waals surface area contributed by atoms with Crippen LogP contribution in [0.5, 0.6) is 0 Å². The number of piperidine rings is 1. The number of hydrogen-bond donors (Lipinski definition) is 0. The summed E-state index contributed by atoms with van der Waals surface area (Å²) in [6.45, 7) is 4.83. The van der Waals surface area contributed by atoms with Crippen LogP contribution in [-0.2, 0) is 16.1 Å². The highest BCUT2D eigenvalue weighted by atomic mass is 79.9. The Bertz CT molecular complexity index is 405. The number of rotatable bonds is 4. The van der Waals surface area contributed by atoms with Gasteiger partial charge >= 0.3 is 5.97 Å². The van der Waals surface area contributed by atoms with E-state index in [2.05, 4.69) is 20.8 Å². The van der Waals surface area contributed by atoms with Crippen molar-refractivity contribution in [2.75, 3.05) is 19.7 Å². The van der Waals surface area contributed by atoms with Crippen molar-refractivity contribution < 1.29 is 13.9 Å². The first kappa shape index (κ1) is 13.6. The normalized spacial score (nSPS) is 20.9. The molecule has 0 aliphatic carbocycles. The number of hydrogen-bond acceptors (Lipinski definition) is 4. The molecule has 0 amide bonds. The molecule has 5 heteroatoms. The summed E-state index contributed by atoms with van der Waals surface area (Å²) in [4.78, 5) is 14.0. The molecule has 100 valence electrons. The molecule has 1 saturated heterocycles. The molecule has 2 rings (SSSR count). The highest BCUT2D eigenvalue weighted by Crippen LogP contribution is 2.21. The third-order valence-electron chi connectivity index (χ3n) is 3.13. The minimum absolute atomic E-state index is 0.0112. The van der Waals surface area contributed by atoms with Crippen molar-refractivity contribution >= 4 is 21.9 Å². The molecule has 0 spiro atoms. The number of furan rings is 1. The van der Waals surface area contributed by atoms with Crippen LogP contribution in [0.1, 0.15) is 25.5 Å². The van der Waals surface area contributed by atoms with Crippen molar-refractivity contribution in [1.29, 1.82) is 0 Å². The average Bonchev–Trinajstić information content (AvgIpc) is 2.75. The second-order valence-corrected chi connectivity index (χ2v) is 5.31. The van der Waals surface area contributed by atoms with E-state index in [4.69, 9.17) is 9.15 Å². The maximum Gasteiger partial charge on any atom is 0.310 e. The van der Waals surface area contributed by atoms with E-state index in [0.29, 0.717) is 6.61 Å². The molecule has 1 aliphatic heterocycles. The van der Waals surface area contributed by atoms with Crippen molar-refractivity contribution in [2.24, 2.45) is 5.92 Å². The zero-order chi connectivity index (χ0) is 13.0. The third-order valence-corrected chi connectivity index (χ3v) is 3.56. The van der Waals surface area contributed by atoms with Crippen molar-refractivity contribution in [3.05, 3.63) is 22.6 Å². The van der Waals surface area contributed by atoms with Gasteiger partial charge in [-0.1, -0.05) is 0 Å². The van der Waals surface area contributed by atoms with E-state index in [1.807, 2.05) is 19.1 Å². The predicted molar refractivity (Wildman–Crippen MR) is 71.0 cm³/mol. The lowest BCUT2D eigenvalue weighted by Gasteiger charge is -2.30. The number of nitrogens with zero attached hydrogens (tertiary/aromatic N) is 1. The first-order valence-electron chi connectivity index (χ1n) is 6.32. The van der Waals surface area contributed by atoms with Gasteiger partial charge in [0, 0.05) is 6.54 Å². The van der Waals surface area contributed by atoms with Gasteiger partial charge in [-0.2, -0.15) is 0 Å². The Morgan fingerprint density at radius 1 is 1.61 bits per heavy atom. The van der Waals surface area contributed by atoms with Crippen LogP contribution in [0.15, 0.2) is 21.2 Å². The number of halogens is 1. The van der Waals surface area contributed by atoms with Gasteiger partial charge in [-0.15, -0.1) is 0 Å². The second kappa shape index (κ2) is 6.38. The maximum absolute atomic E-state index is 11.7. The van der Waals surface area contributed by atoms with Gasteiger partial charge in [0.2, 0.25) is 0 Å². The van der Waals surface area contributed by atoms with Crippen LogP contribution < -0.4 is 0 Å². The first-order chi connectivity index (χ1) is 8.69. The van der Waals surface area contributed by atoms with Crippen LogP contribution in [0, 0.1) is 5.92 Å². The molecular weight excluding hydrogens is 298 g/mol. The summed E-state index contributed by atoms with van der Waals surface area (Å²) in [6.07, 6.45) is 1.96.